The summed E-state index contributed by atoms with van der Waals surface area (Å²) in [5.41, 5.74) is 1.90. The van der Waals surface area contributed by atoms with Gasteiger partial charge < -0.3 is 10.2 Å². The van der Waals surface area contributed by atoms with Gasteiger partial charge in [0.15, 0.2) is 0 Å². The van der Waals surface area contributed by atoms with E-state index in [1.54, 1.807) is 0 Å². The summed E-state index contributed by atoms with van der Waals surface area (Å²) in [6.07, 6.45) is 1.23. The molecule has 2 rings (SSSR count). The molecule has 17 heavy (non-hydrogen) atoms. The smallest absolute Gasteiger partial charge is 0.0857 e. The molecule has 1 aromatic heterocycles. The van der Waals surface area contributed by atoms with E-state index in [-0.39, 0.29) is 0 Å². The number of aromatic nitrogens is 2. The topological polar surface area (TPSA) is 58.3 Å². The minimum Gasteiger partial charge on any atom is -0.390 e. The first-order valence-electron chi connectivity index (χ1n) is 6.12. The highest BCUT2D eigenvalue weighted by Crippen LogP contribution is 2.35. The molecule has 1 heterocycles. The van der Waals surface area contributed by atoms with E-state index >= 15 is 0 Å². The van der Waals surface area contributed by atoms with E-state index in [0.717, 1.165) is 35.2 Å². The van der Waals surface area contributed by atoms with Gasteiger partial charge in [-0.3, -0.25) is 4.68 Å². The number of rotatable bonds is 5. The molecule has 5 heteroatoms. The third-order valence-corrected chi connectivity index (χ3v) is 4.39. The van der Waals surface area contributed by atoms with E-state index in [0.29, 0.717) is 12.3 Å². The maximum atomic E-state index is 10.0. The van der Waals surface area contributed by atoms with Crippen LogP contribution in [0.4, 0.5) is 0 Å². The van der Waals surface area contributed by atoms with E-state index in [4.69, 9.17) is 0 Å². The standard InChI is InChI=1S/C12H19BrN2O2/c1-3-15-9(11(13)7(2)14-15)6-10(16)12(17)8-4-5-8/h8,10,12,16-17H,3-6H2,1-2H3. The van der Waals surface area contributed by atoms with Crippen LogP contribution >= 0.6 is 15.9 Å². The first kappa shape index (κ1) is 13.1. The van der Waals surface area contributed by atoms with Gasteiger partial charge in [0, 0.05) is 13.0 Å². The van der Waals surface area contributed by atoms with Crippen LogP contribution in [0.3, 0.4) is 0 Å². The van der Waals surface area contributed by atoms with Crippen LogP contribution < -0.4 is 0 Å². The van der Waals surface area contributed by atoms with Gasteiger partial charge in [-0.1, -0.05) is 0 Å². The summed E-state index contributed by atoms with van der Waals surface area (Å²) < 4.78 is 2.82. The van der Waals surface area contributed by atoms with Crippen molar-refractivity contribution in [3.8, 4) is 0 Å². The van der Waals surface area contributed by atoms with Crippen LogP contribution in [-0.4, -0.2) is 32.2 Å². The SMILES string of the molecule is CCn1nc(C)c(Br)c1CC(O)C(O)C1CC1. The lowest BCUT2D eigenvalue weighted by Crippen LogP contribution is -2.30. The Labute approximate surface area is 110 Å². The van der Waals surface area contributed by atoms with Crippen LogP contribution in [0.5, 0.6) is 0 Å². The van der Waals surface area contributed by atoms with Crippen molar-refractivity contribution in [3.05, 3.63) is 15.9 Å². The fourth-order valence-corrected chi connectivity index (χ4v) is 2.58. The second kappa shape index (κ2) is 5.08. The zero-order valence-electron chi connectivity index (χ0n) is 10.2. The van der Waals surface area contributed by atoms with Crippen LogP contribution in [0, 0.1) is 12.8 Å². The Morgan fingerprint density at radius 3 is 2.65 bits per heavy atom. The largest absolute Gasteiger partial charge is 0.390 e. The van der Waals surface area contributed by atoms with Crippen LogP contribution in [0.2, 0.25) is 0 Å². The number of aliphatic hydroxyl groups excluding tert-OH is 2. The number of hydrogen-bond donors (Lipinski definition) is 2. The predicted molar refractivity (Wildman–Crippen MR) is 68.8 cm³/mol. The van der Waals surface area contributed by atoms with E-state index < -0.39 is 12.2 Å². The number of halogens is 1. The fraction of sp³-hybridized carbons (Fsp3) is 0.750. The Kier molecular flexibility index (Phi) is 3.90. The van der Waals surface area contributed by atoms with Crippen molar-refractivity contribution in [1.82, 2.24) is 9.78 Å². The Balaban J connectivity index is 2.11. The molecule has 0 amide bonds. The Morgan fingerprint density at radius 1 is 1.47 bits per heavy atom. The molecule has 0 aromatic carbocycles. The van der Waals surface area contributed by atoms with Gasteiger partial charge in [0.1, 0.15) is 0 Å². The molecule has 2 N–H and O–H groups in total. The summed E-state index contributed by atoms with van der Waals surface area (Å²) in [7, 11) is 0. The second-order valence-electron chi connectivity index (χ2n) is 4.76. The van der Waals surface area contributed by atoms with Crippen molar-refractivity contribution < 1.29 is 10.2 Å². The lowest BCUT2D eigenvalue weighted by atomic mass is 10.0. The van der Waals surface area contributed by atoms with Crippen LogP contribution in [0.15, 0.2) is 4.47 Å². The van der Waals surface area contributed by atoms with Crippen molar-refractivity contribution in [2.75, 3.05) is 0 Å². The molecule has 1 aromatic rings. The molecule has 1 aliphatic carbocycles. The first-order chi connectivity index (χ1) is 8.04. The number of hydrogen-bond acceptors (Lipinski definition) is 3. The molecular formula is C12H19BrN2O2. The molecule has 2 atom stereocenters. The van der Waals surface area contributed by atoms with Gasteiger partial charge in [-0.05, 0) is 48.5 Å². The highest BCUT2D eigenvalue weighted by molar-refractivity contribution is 9.10. The minimum atomic E-state index is -0.694. The van der Waals surface area contributed by atoms with Crippen molar-refractivity contribution >= 4 is 15.9 Å². The third kappa shape index (κ3) is 2.72. The Hall–Kier alpha value is -0.390. The normalized spacial score (nSPS) is 19.4. The summed E-state index contributed by atoms with van der Waals surface area (Å²) in [5.74, 6) is 0.294. The predicted octanol–water partition coefficient (Wildman–Crippen LogP) is 1.65. The first-order valence-corrected chi connectivity index (χ1v) is 6.91. The average molecular weight is 303 g/mol. The van der Waals surface area contributed by atoms with Crippen molar-refractivity contribution in [1.29, 1.82) is 0 Å². The van der Waals surface area contributed by atoms with Crippen LogP contribution in [0.25, 0.3) is 0 Å². The van der Waals surface area contributed by atoms with Gasteiger partial charge in [-0.2, -0.15) is 5.10 Å². The van der Waals surface area contributed by atoms with Crippen molar-refractivity contribution in [3.63, 3.8) is 0 Å². The molecule has 96 valence electrons. The lowest BCUT2D eigenvalue weighted by Gasteiger charge is -2.17. The molecule has 2 unspecified atom stereocenters. The zero-order chi connectivity index (χ0) is 12.6. The summed E-state index contributed by atoms with van der Waals surface area (Å²) in [6, 6.07) is 0. The molecule has 0 spiro atoms. The molecular weight excluding hydrogens is 284 g/mol. The van der Waals surface area contributed by atoms with E-state index in [2.05, 4.69) is 21.0 Å². The van der Waals surface area contributed by atoms with Crippen molar-refractivity contribution in [2.24, 2.45) is 5.92 Å². The van der Waals surface area contributed by atoms with Crippen LogP contribution in [-0.2, 0) is 13.0 Å². The van der Waals surface area contributed by atoms with Crippen molar-refractivity contribution in [2.45, 2.75) is 51.9 Å². The highest BCUT2D eigenvalue weighted by Gasteiger charge is 2.35. The fourth-order valence-electron chi connectivity index (χ4n) is 2.13. The third-order valence-electron chi connectivity index (χ3n) is 3.35. The van der Waals surface area contributed by atoms with Gasteiger partial charge in [0.25, 0.3) is 0 Å². The van der Waals surface area contributed by atoms with Gasteiger partial charge in [0.05, 0.1) is 28.1 Å². The minimum absolute atomic E-state index is 0.294. The van der Waals surface area contributed by atoms with Gasteiger partial charge in [0.2, 0.25) is 0 Å². The van der Waals surface area contributed by atoms with Crippen LogP contribution in [0.1, 0.15) is 31.2 Å². The molecule has 0 radical (unpaired) electrons. The molecule has 0 saturated heterocycles. The highest BCUT2D eigenvalue weighted by atomic mass is 79.9. The summed E-state index contributed by atoms with van der Waals surface area (Å²) in [6.45, 7) is 4.73. The van der Waals surface area contributed by atoms with Gasteiger partial charge >= 0.3 is 0 Å². The number of nitrogens with zero attached hydrogens (tertiary/aromatic N) is 2. The lowest BCUT2D eigenvalue weighted by molar-refractivity contribution is 0.00560. The Morgan fingerprint density at radius 2 is 2.12 bits per heavy atom. The quantitative estimate of drug-likeness (QED) is 0.869. The van der Waals surface area contributed by atoms with E-state index in [9.17, 15) is 10.2 Å². The van der Waals surface area contributed by atoms with E-state index in [1.807, 2.05) is 18.5 Å². The summed E-state index contributed by atoms with van der Waals surface area (Å²) in [5, 5.41) is 24.3. The summed E-state index contributed by atoms with van der Waals surface area (Å²) >= 11 is 3.50. The van der Waals surface area contributed by atoms with Gasteiger partial charge in [-0.15, -0.1) is 0 Å². The molecule has 0 aliphatic heterocycles. The Bertz CT molecular complexity index is 401. The van der Waals surface area contributed by atoms with Gasteiger partial charge in [-0.25, -0.2) is 0 Å². The molecule has 0 bridgehead atoms. The number of aryl methyl sites for hydroxylation is 2. The molecule has 1 aliphatic rings. The summed E-state index contributed by atoms with van der Waals surface area (Å²) in [4.78, 5) is 0. The average Bonchev–Trinajstić information content (AvgIpc) is 3.11. The second-order valence-corrected chi connectivity index (χ2v) is 5.55. The zero-order valence-corrected chi connectivity index (χ0v) is 11.8. The molecule has 4 nitrogen and oxygen atoms in total. The monoisotopic (exact) mass is 302 g/mol. The maximum Gasteiger partial charge on any atom is 0.0857 e. The maximum absolute atomic E-state index is 10.0. The number of aliphatic hydroxyl groups is 2. The molecule has 1 saturated carbocycles. The van der Waals surface area contributed by atoms with E-state index in [1.165, 1.54) is 0 Å². The molecule has 1 fully saturated rings.